The molecule has 1 saturated heterocycles. The number of hydrogen-bond acceptors (Lipinski definition) is 3. The molecule has 0 spiro atoms. The van der Waals surface area contributed by atoms with Gasteiger partial charge < -0.3 is 5.11 Å². The number of sulfonamides is 1. The van der Waals surface area contributed by atoms with E-state index in [-0.39, 0.29) is 18.7 Å². The van der Waals surface area contributed by atoms with E-state index >= 15 is 0 Å². The van der Waals surface area contributed by atoms with Crippen molar-refractivity contribution in [1.82, 2.24) is 4.31 Å². The third kappa shape index (κ3) is 1.75. The molecule has 0 bridgehead atoms. The first-order valence-electron chi connectivity index (χ1n) is 5.19. The Balaban J connectivity index is 2.31. The van der Waals surface area contributed by atoms with Crippen molar-refractivity contribution in [2.75, 3.05) is 6.61 Å². The Hall–Kier alpha value is -0.910. The van der Waals surface area contributed by atoms with Gasteiger partial charge in [0, 0.05) is 6.04 Å². The lowest BCUT2D eigenvalue weighted by atomic mass is 10.2. The van der Waals surface area contributed by atoms with Crippen LogP contribution in [-0.2, 0) is 10.0 Å². The number of aryl methyl sites for hydroxylation is 1. The summed E-state index contributed by atoms with van der Waals surface area (Å²) in [6, 6.07) is 6.39. The molecule has 0 radical (unpaired) electrons. The minimum Gasteiger partial charge on any atom is -0.395 e. The molecule has 1 N–H and O–H groups in total. The second kappa shape index (κ2) is 3.84. The van der Waals surface area contributed by atoms with Gasteiger partial charge in [-0.25, -0.2) is 8.42 Å². The maximum atomic E-state index is 12.1. The fourth-order valence-electron chi connectivity index (χ4n) is 1.85. The van der Waals surface area contributed by atoms with Crippen molar-refractivity contribution in [2.45, 2.75) is 30.8 Å². The summed E-state index contributed by atoms with van der Waals surface area (Å²) in [5, 5.41) is 9.00. The molecule has 1 aromatic rings. The normalized spacial score (nSPS) is 29.1. The predicted molar refractivity (Wildman–Crippen MR) is 60.5 cm³/mol. The van der Waals surface area contributed by atoms with E-state index in [9.17, 15) is 8.42 Å². The van der Waals surface area contributed by atoms with Crippen molar-refractivity contribution in [2.24, 2.45) is 0 Å². The van der Waals surface area contributed by atoms with Gasteiger partial charge in [-0.1, -0.05) is 17.7 Å². The summed E-state index contributed by atoms with van der Waals surface area (Å²) in [7, 11) is -3.42. The second-order valence-electron chi connectivity index (χ2n) is 4.14. The van der Waals surface area contributed by atoms with Crippen LogP contribution in [-0.4, -0.2) is 36.5 Å². The zero-order chi connectivity index (χ0) is 11.9. The zero-order valence-electron chi connectivity index (χ0n) is 9.29. The Labute approximate surface area is 95.6 Å². The summed E-state index contributed by atoms with van der Waals surface area (Å²) in [6.07, 6.45) is 0. The number of benzene rings is 1. The lowest BCUT2D eigenvalue weighted by molar-refractivity contribution is 0.286. The summed E-state index contributed by atoms with van der Waals surface area (Å²) >= 11 is 0. The molecule has 0 aliphatic carbocycles. The molecule has 1 heterocycles. The quantitative estimate of drug-likeness (QED) is 0.794. The fraction of sp³-hybridized carbons (Fsp3) is 0.455. The molecule has 1 unspecified atom stereocenters. The first kappa shape index (κ1) is 11.6. The third-order valence-corrected chi connectivity index (χ3v) is 5.01. The van der Waals surface area contributed by atoms with Crippen LogP contribution in [0.5, 0.6) is 0 Å². The molecule has 0 amide bonds. The molecule has 0 aromatic heterocycles. The number of nitrogens with zero attached hydrogens (tertiary/aromatic N) is 1. The van der Waals surface area contributed by atoms with Crippen molar-refractivity contribution < 1.29 is 13.5 Å². The van der Waals surface area contributed by atoms with Gasteiger partial charge in [-0.3, -0.25) is 0 Å². The second-order valence-corrected chi connectivity index (χ2v) is 5.98. The highest BCUT2D eigenvalue weighted by Gasteiger charge is 2.52. The van der Waals surface area contributed by atoms with Crippen LogP contribution < -0.4 is 0 Å². The lowest BCUT2D eigenvalue weighted by Gasteiger charge is -2.06. The van der Waals surface area contributed by atoms with Gasteiger partial charge in [-0.05, 0) is 26.0 Å². The van der Waals surface area contributed by atoms with E-state index in [0.29, 0.717) is 4.90 Å². The van der Waals surface area contributed by atoms with Crippen LogP contribution in [0.4, 0.5) is 0 Å². The Morgan fingerprint density at radius 1 is 1.31 bits per heavy atom. The summed E-state index contributed by atoms with van der Waals surface area (Å²) in [5.41, 5.74) is 1.02. The van der Waals surface area contributed by atoms with E-state index in [0.717, 1.165) is 5.56 Å². The molecule has 2 rings (SSSR count). The van der Waals surface area contributed by atoms with Gasteiger partial charge in [-0.2, -0.15) is 4.31 Å². The molecule has 1 aromatic carbocycles. The van der Waals surface area contributed by atoms with Gasteiger partial charge in [-0.15, -0.1) is 0 Å². The van der Waals surface area contributed by atoms with Crippen LogP contribution in [0.3, 0.4) is 0 Å². The van der Waals surface area contributed by atoms with Crippen LogP contribution in [0.15, 0.2) is 29.2 Å². The maximum Gasteiger partial charge on any atom is 0.243 e. The Morgan fingerprint density at radius 2 is 1.88 bits per heavy atom. The van der Waals surface area contributed by atoms with Gasteiger partial charge in [0.1, 0.15) is 0 Å². The van der Waals surface area contributed by atoms with E-state index in [2.05, 4.69) is 0 Å². The summed E-state index contributed by atoms with van der Waals surface area (Å²) < 4.78 is 25.5. The molecule has 1 fully saturated rings. The highest BCUT2D eigenvalue weighted by molar-refractivity contribution is 7.89. The van der Waals surface area contributed by atoms with Gasteiger partial charge in [0.2, 0.25) is 10.0 Å². The van der Waals surface area contributed by atoms with Crippen LogP contribution in [0.1, 0.15) is 12.5 Å². The molecular formula is C11H15NO3S. The highest BCUT2D eigenvalue weighted by atomic mass is 32.2. The van der Waals surface area contributed by atoms with E-state index in [1.807, 2.05) is 6.92 Å². The van der Waals surface area contributed by atoms with Gasteiger partial charge in [0.25, 0.3) is 0 Å². The van der Waals surface area contributed by atoms with Crippen LogP contribution in [0.2, 0.25) is 0 Å². The molecule has 16 heavy (non-hydrogen) atoms. The average Bonchev–Trinajstić information content (AvgIpc) is 2.90. The Bertz CT molecular complexity index is 480. The van der Waals surface area contributed by atoms with Crippen molar-refractivity contribution >= 4 is 10.0 Å². The first-order valence-corrected chi connectivity index (χ1v) is 6.63. The molecule has 0 saturated carbocycles. The van der Waals surface area contributed by atoms with Crippen molar-refractivity contribution in [3.8, 4) is 0 Å². The number of hydrogen-bond donors (Lipinski definition) is 1. The number of aliphatic hydroxyl groups is 1. The first-order chi connectivity index (χ1) is 7.48. The predicted octanol–water partition coefficient (Wildman–Crippen LogP) is 0.749. The van der Waals surface area contributed by atoms with Gasteiger partial charge in [0.15, 0.2) is 0 Å². The molecule has 88 valence electrons. The SMILES string of the molecule is Cc1ccc(S(=O)(=O)N2[C@@H](C)[C@@H]2CO)cc1. The summed E-state index contributed by atoms with van der Waals surface area (Å²) in [6.45, 7) is 3.59. The van der Waals surface area contributed by atoms with Crippen LogP contribution in [0.25, 0.3) is 0 Å². The molecule has 1 aliphatic rings. The molecule has 3 atom stereocenters. The molecule has 5 heteroatoms. The molecular weight excluding hydrogens is 226 g/mol. The maximum absolute atomic E-state index is 12.1. The fourth-order valence-corrected chi connectivity index (χ4v) is 3.69. The highest BCUT2D eigenvalue weighted by Crippen LogP contribution is 2.34. The minimum absolute atomic E-state index is 0.101. The zero-order valence-corrected chi connectivity index (χ0v) is 10.1. The topological polar surface area (TPSA) is 57.4 Å². The molecule has 1 aliphatic heterocycles. The van der Waals surface area contributed by atoms with Crippen LogP contribution >= 0.6 is 0 Å². The van der Waals surface area contributed by atoms with Crippen molar-refractivity contribution in [1.29, 1.82) is 0 Å². The number of aliphatic hydroxyl groups excluding tert-OH is 1. The van der Waals surface area contributed by atoms with Crippen LogP contribution in [0, 0.1) is 6.92 Å². The Morgan fingerprint density at radius 3 is 2.31 bits per heavy atom. The smallest absolute Gasteiger partial charge is 0.243 e. The van der Waals surface area contributed by atoms with Gasteiger partial charge >= 0.3 is 0 Å². The van der Waals surface area contributed by atoms with E-state index in [1.54, 1.807) is 31.2 Å². The van der Waals surface area contributed by atoms with Gasteiger partial charge in [0.05, 0.1) is 17.5 Å². The summed E-state index contributed by atoms with van der Waals surface area (Å²) in [4.78, 5) is 0.292. The standard InChI is InChI=1S/C11H15NO3S/c1-8-3-5-10(6-4-8)16(14,15)12-9(2)11(12)7-13/h3-6,9,11,13H,7H2,1-2H3/t9-,11-,12?/m0/s1. The van der Waals surface area contributed by atoms with Crippen molar-refractivity contribution in [3.63, 3.8) is 0 Å². The molecule has 4 nitrogen and oxygen atoms in total. The monoisotopic (exact) mass is 241 g/mol. The number of rotatable bonds is 3. The van der Waals surface area contributed by atoms with E-state index in [1.165, 1.54) is 4.31 Å². The largest absolute Gasteiger partial charge is 0.395 e. The third-order valence-electron chi connectivity index (χ3n) is 2.98. The Kier molecular flexibility index (Phi) is 2.77. The van der Waals surface area contributed by atoms with E-state index < -0.39 is 10.0 Å². The van der Waals surface area contributed by atoms with E-state index in [4.69, 9.17) is 5.11 Å². The average molecular weight is 241 g/mol. The minimum atomic E-state index is -3.42. The summed E-state index contributed by atoms with van der Waals surface area (Å²) in [5.74, 6) is 0. The van der Waals surface area contributed by atoms with Crippen molar-refractivity contribution in [3.05, 3.63) is 29.8 Å². The lowest BCUT2D eigenvalue weighted by Crippen LogP contribution is -2.16.